The normalized spacial score (nSPS) is 9.75. The van der Waals surface area contributed by atoms with E-state index in [1.807, 2.05) is 6.07 Å². The number of aryl methyl sites for hydroxylation is 1. The van der Waals surface area contributed by atoms with Crippen molar-refractivity contribution in [3.8, 4) is 0 Å². The summed E-state index contributed by atoms with van der Waals surface area (Å²) in [5.74, 6) is -1.03. The Labute approximate surface area is 78.6 Å². The topological polar surface area (TPSA) is 53.0 Å². The van der Waals surface area contributed by atoms with E-state index >= 15 is 0 Å². The first-order valence-corrected chi connectivity index (χ1v) is 4.28. The number of carbonyl (C=O) groups is 1. The highest BCUT2D eigenvalue weighted by atomic mass is 79.9. The second-order valence-electron chi connectivity index (χ2n) is 2.36. The lowest BCUT2D eigenvalue weighted by Gasteiger charge is -2.01. The van der Waals surface area contributed by atoms with Gasteiger partial charge in [0, 0.05) is 12.2 Å². The second-order valence-corrected chi connectivity index (χ2v) is 3.17. The van der Waals surface area contributed by atoms with E-state index in [0.29, 0.717) is 6.42 Å². The monoisotopic (exact) mass is 228 g/mol. The van der Waals surface area contributed by atoms with E-state index in [9.17, 15) is 9.90 Å². The first-order chi connectivity index (χ1) is 5.68. The van der Waals surface area contributed by atoms with E-state index in [1.165, 1.54) is 0 Å². The number of aromatic nitrogens is 1. The summed E-state index contributed by atoms with van der Waals surface area (Å²) in [4.78, 5) is 14.1. The van der Waals surface area contributed by atoms with Crippen molar-refractivity contribution in [2.45, 2.75) is 12.8 Å². The molecule has 3 nitrogen and oxygen atoms in total. The Hall–Kier alpha value is -0.900. The van der Waals surface area contributed by atoms with Gasteiger partial charge in [0.25, 0.3) is 0 Å². The molecule has 0 saturated carbocycles. The minimum atomic E-state index is -1.03. The van der Waals surface area contributed by atoms with Crippen LogP contribution in [0.1, 0.15) is 12.0 Å². The Morgan fingerprint density at radius 3 is 2.83 bits per heavy atom. The molecule has 0 saturated heterocycles. The van der Waals surface area contributed by atoms with Gasteiger partial charge in [0.05, 0.1) is 0 Å². The highest BCUT2D eigenvalue weighted by Gasteiger charge is 1.93. The molecule has 0 atom stereocenters. The standard InChI is InChI=1S/C8H8BrNO2/c9-7-3-1-6(5-10-7)2-4-8(11)12/h1,3,5H,2,4H2,(H,11,12)/p-1. The molecule has 1 aromatic heterocycles. The summed E-state index contributed by atoms with van der Waals surface area (Å²) in [6.45, 7) is 0. The van der Waals surface area contributed by atoms with Crippen LogP contribution >= 0.6 is 15.9 Å². The number of pyridine rings is 1. The van der Waals surface area contributed by atoms with Gasteiger partial charge in [-0.1, -0.05) is 6.07 Å². The van der Waals surface area contributed by atoms with E-state index < -0.39 is 5.97 Å². The van der Waals surface area contributed by atoms with Crippen molar-refractivity contribution in [2.24, 2.45) is 0 Å². The summed E-state index contributed by atoms with van der Waals surface area (Å²) in [7, 11) is 0. The molecule has 0 aliphatic carbocycles. The number of rotatable bonds is 3. The number of nitrogens with zero attached hydrogens (tertiary/aromatic N) is 1. The van der Waals surface area contributed by atoms with Crippen molar-refractivity contribution in [2.75, 3.05) is 0 Å². The lowest BCUT2D eigenvalue weighted by atomic mass is 10.2. The van der Waals surface area contributed by atoms with Gasteiger partial charge in [-0.05, 0) is 40.4 Å². The Morgan fingerprint density at radius 1 is 1.58 bits per heavy atom. The molecule has 0 bridgehead atoms. The van der Waals surface area contributed by atoms with Crippen LogP contribution in [-0.2, 0) is 11.2 Å². The molecular weight excluding hydrogens is 222 g/mol. The number of halogens is 1. The lowest BCUT2D eigenvalue weighted by molar-refractivity contribution is -0.305. The molecule has 0 aromatic carbocycles. The highest BCUT2D eigenvalue weighted by molar-refractivity contribution is 9.10. The van der Waals surface area contributed by atoms with Gasteiger partial charge in [-0.2, -0.15) is 0 Å². The fourth-order valence-corrected chi connectivity index (χ4v) is 1.04. The lowest BCUT2D eigenvalue weighted by Crippen LogP contribution is -2.22. The molecule has 64 valence electrons. The molecular formula is C8H7BrNO2-. The van der Waals surface area contributed by atoms with E-state index in [1.54, 1.807) is 12.3 Å². The maximum absolute atomic E-state index is 10.1. The second kappa shape index (κ2) is 4.21. The summed E-state index contributed by atoms with van der Waals surface area (Å²) in [6.07, 6.45) is 2.17. The number of carboxylic acid groups (broad SMARTS) is 1. The molecule has 4 heteroatoms. The average Bonchev–Trinajstić information content (AvgIpc) is 2.03. The fourth-order valence-electron chi connectivity index (χ4n) is 0.801. The van der Waals surface area contributed by atoms with Crippen LogP contribution < -0.4 is 5.11 Å². The van der Waals surface area contributed by atoms with Crippen LogP contribution in [0.5, 0.6) is 0 Å². The van der Waals surface area contributed by atoms with E-state index in [-0.39, 0.29) is 6.42 Å². The number of carbonyl (C=O) groups excluding carboxylic acids is 1. The summed E-state index contributed by atoms with van der Waals surface area (Å²) in [6, 6.07) is 3.62. The molecule has 0 spiro atoms. The zero-order valence-electron chi connectivity index (χ0n) is 6.29. The van der Waals surface area contributed by atoms with Gasteiger partial charge in [0.1, 0.15) is 4.60 Å². The molecule has 0 N–H and O–H groups in total. The summed E-state index contributed by atoms with van der Waals surface area (Å²) >= 11 is 3.19. The third kappa shape index (κ3) is 3.00. The predicted octanol–water partition coefficient (Wildman–Crippen LogP) is 0.527. The van der Waals surface area contributed by atoms with Crippen LogP contribution in [0.2, 0.25) is 0 Å². The van der Waals surface area contributed by atoms with Crippen molar-refractivity contribution in [3.63, 3.8) is 0 Å². The van der Waals surface area contributed by atoms with Crippen molar-refractivity contribution in [1.82, 2.24) is 4.98 Å². The van der Waals surface area contributed by atoms with Crippen LogP contribution in [0.3, 0.4) is 0 Å². The van der Waals surface area contributed by atoms with Crippen LogP contribution in [0.4, 0.5) is 0 Å². The number of hydrogen-bond acceptors (Lipinski definition) is 3. The smallest absolute Gasteiger partial charge is 0.106 e. The Bertz CT molecular complexity index is 271. The fraction of sp³-hybridized carbons (Fsp3) is 0.250. The number of aliphatic carboxylic acids is 1. The van der Waals surface area contributed by atoms with Gasteiger partial charge in [-0.3, -0.25) is 0 Å². The van der Waals surface area contributed by atoms with Crippen molar-refractivity contribution in [1.29, 1.82) is 0 Å². The zero-order chi connectivity index (χ0) is 8.97. The Kier molecular flexibility index (Phi) is 3.22. The third-order valence-corrected chi connectivity index (χ3v) is 1.88. The largest absolute Gasteiger partial charge is 0.550 e. The van der Waals surface area contributed by atoms with Crippen molar-refractivity contribution < 1.29 is 9.90 Å². The summed E-state index contributed by atoms with van der Waals surface area (Å²) in [5.41, 5.74) is 0.905. The van der Waals surface area contributed by atoms with Crippen LogP contribution in [0, 0.1) is 0 Å². The van der Waals surface area contributed by atoms with Gasteiger partial charge >= 0.3 is 0 Å². The van der Waals surface area contributed by atoms with Gasteiger partial charge in [-0.25, -0.2) is 4.98 Å². The molecule has 0 radical (unpaired) electrons. The summed E-state index contributed by atoms with van der Waals surface area (Å²) < 4.78 is 0.750. The van der Waals surface area contributed by atoms with Gasteiger partial charge < -0.3 is 9.90 Å². The third-order valence-electron chi connectivity index (χ3n) is 1.41. The van der Waals surface area contributed by atoms with E-state index in [4.69, 9.17) is 0 Å². The maximum Gasteiger partial charge on any atom is 0.106 e. The molecule has 0 amide bonds. The minimum Gasteiger partial charge on any atom is -0.550 e. The predicted molar refractivity (Wildman–Crippen MR) is 45.3 cm³/mol. The highest BCUT2D eigenvalue weighted by Crippen LogP contribution is 2.07. The molecule has 0 aliphatic rings. The quantitative estimate of drug-likeness (QED) is 0.710. The van der Waals surface area contributed by atoms with Crippen LogP contribution in [0.15, 0.2) is 22.9 Å². The molecule has 0 fully saturated rings. The summed E-state index contributed by atoms with van der Waals surface area (Å²) in [5, 5.41) is 10.1. The molecule has 1 rings (SSSR count). The van der Waals surface area contributed by atoms with Crippen LogP contribution in [-0.4, -0.2) is 11.0 Å². The van der Waals surface area contributed by atoms with Crippen molar-refractivity contribution in [3.05, 3.63) is 28.5 Å². The molecule has 0 unspecified atom stereocenters. The molecule has 1 heterocycles. The van der Waals surface area contributed by atoms with Gasteiger partial charge in [0.2, 0.25) is 0 Å². The maximum atomic E-state index is 10.1. The van der Waals surface area contributed by atoms with E-state index in [2.05, 4.69) is 20.9 Å². The SMILES string of the molecule is O=C([O-])CCc1ccc(Br)nc1. The molecule has 12 heavy (non-hydrogen) atoms. The van der Waals surface area contributed by atoms with Gasteiger partial charge in [-0.15, -0.1) is 0 Å². The minimum absolute atomic E-state index is 0.0450. The molecule has 1 aromatic rings. The molecule has 0 aliphatic heterocycles. The first kappa shape index (κ1) is 9.19. The number of carboxylic acids is 1. The average molecular weight is 229 g/mol. The first-order valence-electron chi connectivity index (χ1n) is 3.49. The Balaban J connectivity index is 2.53. The van der Waals surface area contributed by atoms with Crippen LogP contribution in [0.25, 0.3) is 0 Å². The zero-order valence-corrected chi connectivity index (χ0v) is 7.87. The Morgan fingerprint density at radius 2 is 2.33 bits per heavy atom. The van der Waals surface area contributed by atoms with E-state index in [0.717, 1.165) is 10.2 Å². The number of hydrogen-bond donors (Lipinski definition) is 0. The van der Waals surface area contributed by atoms with Crippen molar-refractivity contribution >= 4 is 21.9 Å². The van der Waals surface area contributed by atoms with Gasteiger partial charge in [0.15, 0.2) is 0 Å².